The van der Waals surface area contributed by atoms with E-state index < -0.39 is 6.10 Å². The zero-order chi connectivity index (χ0) is 14.9. The molecular formula is C17H26BrNO. The second-order valence-corrected chi connectivity index (χ2v) is 7.74. The summed E-state index contributed by atoms with van der Waals surface area (Å²) < 4.78 is 0.994. The molecule has 2 rings (SSSR count). The van der Waals surface area contributed by atoms with E-state index in [4.69, 9.17) is 0 Å². The lowest BCUT2D eigenvalue weighted by atomic mass is 9.75. The van der Waals surface area contributed by atoms with Crippen LogP contribution in [0.15, 0.2) is 22.7 Å². The fourth-order valence-corrected chi connectivity index (χ4v) is 3.75. The van der Waals surface area contributed by atoms with Gasteiger partial charge in [-0.15, -0.1) is 0 Å². The normalized spacial score (nSPS) is 20.7. The van der Waals surface area contributed by atoms with Gasteiger partial charge in [0.25, 0.3) is 0 Å². The lowest BCUT2D eigenvalue weighted by Gasteiger charge is -2.39. The van der Waals surface area contributed by atoms with Gasteiger partial charge in [0.1, 0.15) is 0 Å². The first kappa shape index (κ1) is 15.8. The van der Waals surface area contributed by atoms with Crippen molar-refractivity contribution < 1.29 is 5.11 Å². The minimum Gasteiger partial charge on any atom is -0.389 e. The Labute approximate surface area is 131 Å². The summed E-state index contributed by atoms with van der Waals surface area (Å²) in [5.41, 5.74) is 2.69. The van der Waals surface area contributed by atoms with Gasteiger partial charge in [0.15, 0.2) is 0 Å². The molecule has 2 nitrogen and oxygen atoms in total. The highest BCUT2D eigenvalue weighted by molar-refractivity contribution is 9.10. The minimum absolute atomic E-state index is 0.431. The minimum atomic E-state index is -0.431. The maximum absolute atomic E-state index is 9.70. The molecule has 0 bridgehead atoms. The summed E-state index contributed by atoms with van der Waals surface area (Å²) in [5, 5.41) is 9.70. The summed E-state index contributed by atoms with van der Waals surface area (Å²) in [5.74, 6) is 0. The van der Waals surface area contributed by atoms with Gasteiger partial charge in [-0.05, 0) is 55.7 Å². The van der Waals surface area contributed by atoms with Gasteiger partial charge in [-0.2, -0.15) is 0 Å². The monoisotopic (exact) mass is 339 g/mol. The van der Waals surface area contributed by atoms with Crippen molar-refractivity contribution in [2.45, 2.75) is 58.6 Å². The molecular weight excluding hydrogens is 314 g/mol. The van der Waals surface area contributed by atoms with Crippen molar-refractivity contribution in [3.8, 4) is 0 Å². The molecule has 3 heteroatoms. The van der Waals surface area contributed by atoms with Crippen LogP contribution in [0.1, 0.15) is 58.1 Å². The second-order valence-electron chi connectivity index (χ2n) is 6.89. The van der Waals surface area contributed by atoms with Crippen molar-refractivity contribution in [1.82, 2.24) is 0 Å². The van der Waals surface area contributed by atoms with Crippen LogP contribution < -0.4 is 4.90 Å². The molecule has 1 atom stereocenters. The van der Waals surface area contributed by atoms with Crippen LogP contribution in [0.3, 0.4) is 0 Å². The Kier molecular flexibility index (Phi) is 4.80. The van der Waals surface area contributed by atoms with E-state index >= 15 is 0 Å². The van der Waals surface area contributed by atoms with Gasteiger partial charge in [0, 0.05) is 23.2 Å². The number of hydrogen-bond acceptors (Lipinski definition) is 2. The average Bonchev–Trinajstić information content (AvgIpc) is 2.37. The molecule has 20 heavy (non-hydrogen) atoms. The summed E-state index contributed by atoms with van der Waals surface area (Å²) >= 11 is 3.57. The second kappa shape index (κ2) is 6.07. The molecule has 0 radical (unpaired) electrons. The zero-order valence-corrected chi connectivity index (χ0v) is 14.6. The molecule has 0 aliphatic heterocycles. The molecule has 1 N–H and O–H groups in total. The number of halogens is 1. The van der Waals surface area contributed by atoms with Crippen molar-refractivity contribution in [3.63, 3.8) is 0 Å². The topological polar surface area (TPSA) is 23.5 Å². The summed E-state index contributed by atoms with van der Waals surface area (Å²) in [6.45, 7) is 6.54. The van der Waals surface area contributed by atoms with E-state index in [9.17, 15) is 5.11 Å². The van der Waals surface area contributed by atoms with E-state index in [-0.39, 0.29) is 0 Å². The SMILES string of the molecule is C[C@@H](O)c1ccc(N(C)C2CCC(C)(C)CC2)cc1Br. The van der Waals surface area contributed by atoms with Crippen LogP contribution in [0.4, 0.5) is 5.69 Å². The predicted octanol–water partition coefficient (Wildman–Crippen LogP) is 4.91. The number of nitrogens with zero attached hydrogens (tertiary/aromatic N) is 1. The van der Waals surface area contributed by atoms with Gasteiger partial charge in [0.05, 0.1) is 6.10 Å². The highest BCUT2D eigenvalue weighted by Gasteiger charge is 2.29. The quantitative estimate of drug-likeness (QED) is 0.845. The maximum Gasteiger partial charge on any atom is 0.0772 e. The molecule has 0 unspecified atom stereocenters. The fraction of sp³-hybridized carbons (Fsp3) is 0.647. The van der Waals surface area contributed by atoms with Crippen LogP contribution in [-0.4, -0.2) is 18.2 Å². The molecule has 1 aliphatic rings. The Hall–Kier alpha value is -0.540. The molecule has 0 spiro atoms. The Morgan fingerprint density at radius 1 is 1.30 bits per heavy atom. The van der Waals surface area contributed by atoms with Crippen LogP contribution in [0, 0.1) is 5.41 Å². The van der Waals surface area contributed by atoms with E-state index in [1.54, 1.807) is 6.92 Å². The number of anilines is 1. The molecule has 1 fully saturated rings. The first-order chi connectivity index (χ1) is 9.30. The molecule has 1 saturated carbocycles. The lowest BCUT2D eigenvalue weighted by Crippen LogP contribution is -2.37. The van der Waals surface area contributed by atoms with Gasteiger partial charge >= 0.3 is 0 Å². The molecule has 0 amide bonds. The van der Waals surface area contributed by atoms with Crippen molar-refractivity contribution >= 4 is 21.6 Å². The third-order valence-corrected chi connectivity index (χ3v) is 5.38. The molecule has 112 valence electrons. The van der Waals surface area contributed by atoms with Crippen molar-refractivity contribution in [2.24, 2.45) is 5.41 Å². The van der Waals surface area contributed by atoms with Crippen LogP contribution >= 0.6 is 15.9 Å². The van der Waals surface area contributed by atoms with Crippen molar-refractivity contribution in [3.05, 3.63) is 28.2 Å². The Morgan fingerprint density at radius 2 is 1.90 bits per heavy atom. The third kappa shape index (κ3) is 3.56. The van der Waals surface area contributed by atoms with E-state index in [0.29, 0.717) is 11.5 Å². The first-order valence-corrected chi connectivity index (χ1v) is 8.30. The summed E-state index contributed by atoms with van der Waals surface area (Å²) in [6.07, 6.45) is 4.70. The summed E-state index contributed by atoms with van der Waals surface area (Å²) in [7, 11) is 2.19. The molecule has 1 aromatic rings. The number of aliphatic hydroxyl groups excluding tert-OH is 1. The van der Waals surface area contributed by atoms with E-state index in [1.807, 2.05) is 6.07 Å². The molecule has 1 aliphatic carbocycles. The average molecular weight is 340 g/mol. The van der Waals surface area contributed by atoms with Gasteiger partial charge in [0.2, 0.25) is 0 Å². The fourth-order valence-electron chi connectivity index (χ4n) is 3.06. The van der Waals surface area contributed by atoms with E-state index in [1.165, 1.54) is 31.4 Å². The molecule has 0 saturated heterocycles. The van der Waals surface area contributed by atoms with Gasteiger partial charge in [-0.25, -0.2) is 0 Å². The number of hydrogen-bond donors (Lipinski definition) is 1. The number of rotatable bonds is 3. The Balaban J connectivity index is 2.10. The molecule has 0 aromatic heterocycles. The van der Waals surface area contributed by atoms with Gasteiger partial charge in [-0.1, -0.05) is 35.8 Å². The van der Waals surface area contributed by atoms with Crippen LogP contribution in [0.25, 0.3) is 0 Å². The van der Waals surface area contributed by atoms with Crippen LogP contribution in [0.5, 0.6) is 0 Å². The Bertz CT molecular complexity index is 460. The van der Waals surface area contributed by atoms with Gasteiger partial charge < -0.3 is 10.0 Å². The van der Waals surface area contributed by atoms with Crippen molar-refractivity contribution in [1.29, 1.82) is 0 Å². The van der Waals surface area contributed by atoms with E-state index in [2.05, 4.69) is 53.9 Å². The molecule has 0 heterocycles. The van der Waals surface area contributed by atoms with Gasteiger partial charge in [-0.3, -0.25) is 0 Å². The maximum atomic E-state index is 9.70. The predicted molar refractivity (Wildman–Crippen MR) is 89.2 cm³/mol. The van der Waals surface area contributed by atoms with Crippen molar-refractivity contribution in [2.75, 3.05) is 11.9 Å². The zero-order valence-electron chi connectivity index (χ0n) is 13.0. The Morgan fingerprint density at radius 3 is 2.40 bits per heavy atom. The number of aliphatic hydroxyl groups is 1. The number of benzene rings is 1. The van der Waals surface area contributed by atoms with E-state index in [0.717, 1.165) is 10.0 Å². The summed E-state index contributed by atoms with van der Waals surface area (Å²) in [6, 6.07) is 6.90. The highest BCUT2D eigenvalue weighted by Crippen LogP contribution is 2.38. The third-order valence-electron chi connectivity index (χ3n) is 4.70. The standard InChI is InChI=1S/C17H26BrNO/c1-12(20)15-6-5-14(11-16(15)18)19(4)13-7-9-17(2,3)10-8-13/h5-6,11-13,20H,7-10H2,1-4H3/t12-/m1/s1. The summed E-state index contributed by atoms with van der Waals surface area (Å²) in [4.78, 5) is 2.39. The smallest absolute Gasteiger partial charge is 0.0772 e. The lowest BCUT2D eigenvalue weighted by molar-refractivity contribution is 0.198. The van der Waals surface area contributed by atoms with Crippen LogP contribution in [-0.2, 0) is 0 Å². The first-order valence-electron chi connectivity index (χ1n) is 7.50. The highest BCUT2D eigenvalue weighted by atomic mass is 79.9. The van der Waals surface area contributed by atoms with Crippen LogP contribution in [0.2, 0.25) is 0 Å². The molecule has 1 aromatic carbocycles. The largest absolute Gasteiger partial charge is 0.389 e.